The number of aliphatic hydroxyl groups is 4. The van der Waals surface area contributed by atoms with Gasteiger partial charge in [0.1, 0.15) is 11.9 Å². The van der Waals surface area contributed by atoms with Gasteiger partial charge in [0, 0.05) is 65.9 Å². The number of hydrogen-bond acceptors (Lipinski definition) is 15. The van der Waals surface area contributed by atoms with Crippen molar-refractivity contribution in [1.82, 2.24) is 10.3 Å². The number of hydrogen-bond donors (Lipinski definition) is 8. The normalized spacial score (nSPS) is 27.2. The molecule has 0 radical (unpaired) electrons. The van der Waals surface area contributed by atoms with Crippen LogP contribution >= 0.6 is 43.2 Å². The Morgan fingerprint density at radius 2 is 1.71 bits per heavy atom. The van der Waals surface area contributed by atoms with E-state index < -0.39 is 48.1 Å². The summed E-state index contributed by atoms with van der Waals surface area (Å²) in [6.45, 7) is 1.80. The van der Waals surface area contributed by atoms with Crippen LogP contribution in [0, 0.1) is 23.7 Å². The Bertz CT molecular complexity index is 3010. The van der Waals surface area contributed by atoms with Crippen molar-refractivity contribution in [3.63, 3.8) is 0 Å². The molecular formula is C61H72N2O10S4. The molecule has 2 bridgehead atoms. The standard InChI is InChI=1S/C61H72N2O10S4/c1-4-37-12-13-38-9-7-10-46-54(30-64)77-76-32-43-25-55(68)61(44-21-36(28-62-2)22-45(66)26-44,49-33-75-74-31-41-8-5-6-11-51(41)73-53-24-40(49)15-17-52(53)72-34-65)60(70)57(43)58(69)42(20-35-18-19-63-29-35)23-39-14-16-50(67)59(71-3)48(39)27-47(37)56(38)46/h7,9-10,12-19,21-22,24,26,29,41-43,49,51,54-55,57-58,62-69H,4-6,8,11,20,23,25,27-28,30-34H2,1-3H3. The van der Waals surface area contributed by atoms with Gasteiger partial charge in [0.15, 0.2) is 35.6 Å². The molecule has 1 aromatic heterocycles. The van der Waals surface area contributed by atoms with E-state index in [2.05, 4.69) is 41.5 Å². The highest BCUT2D eigenvalue weighted by Gasteiger charge is 2.61. The van der Waals surface area contributed by atoms with Crippen LogP contribution in [0.25, 0.3) is 10.8 Å². The number of nitrogens with one attached hydrogen (secondary N) is 2. The molecule has 0 spiro atoms. The van der Waals surface area contributed by atoms with Gasteiger partial charge >= 0.3 is 0 Å². The number of H-pyrrole nitrogens is 1. The number of aryl methyl sites for hydroxylation is 1. The molecule has 5 aromatic carbocycles. The summed E-state index contributed by atoms with van der Waals surface area (Å²) < 4.78 is 18.8. The SMILES string of the molecule is CCc1ccc2cccc3c2c1Cc1c(ccc(O)c1OC)CC(Cc1cc[nH]c1)C(O)C1C(=O)C(c2cc(O)cc(CNC)c2)(C2CSSCC4CCCCC4Oc4cc2ccc4OCO)C(O)CC1CSSC3CO. The minimum absolute atomic E-state index is 0.00337. The van der Waals surface area contributed by atoms with E-state index in [1.165, 1.54) is 0 Å². The van der Waals surface area contributed by atoms with Crippen LogP contribution < -0.4 is 19.5 Å². The summed E-state index contributed by atoms with van der Waals surface area (Å²) in [6.07, 6.45) is 7.17. The van der Waals surface area contributed by atoms with Crippen molar-refractivity contribution in [1.29, 1.82) is 0 Å². The van der Waals surface area contributed by atoms with E-state index >= 15 is 4.79 Å². The molecule has 3 heterocycles. The molecule has 2 saturated carbocycles. The van der Waals surface area contributed by atoms with Gasteiger partial charge in [-0.3, -0.25) is 4.79 Å². The van der Waals surface area contributed by atoms with Gasteiger partial charge in [-0.1, -0.05) is 105 Å². The third kappa shape index (κ3) is 11.2. The summed E-state index contributed by atoms with van der Waals surface area (Å²) in [7, 11) is 9.91. The molecule has 2 aliphatic heterocycles. The van der Waals surface area contributed by atoms with Crippen molar-refractivity contribution in [2.45, 2.75) is 106 Å². The van der Waals surface area contributed by atoms with Crippen molar-refractivity contribution in [2.75, 3.05) is 44.8 Å². The van der Waals surface area contributed by atoms with Crippen molar-refractivity contribution < 1.29 is 49.6 Å². The molecular weight excluding hydrogens is 1050 g/mol. The van der Waals surface area contributed by atoms with Crippen molar-refractivity contribution in [3.8, 4) is 28.7 Å². The summed E-state index contributed by atoms with van der Waals surface area (Å²) in [5.74, 6) is -0.176. The quantitative estimate of drug-likeness (QED) is 0.0451. The van der Waals surface area contributed by atoms with Crippen molar-refractivity contribution in [3.05, 3.63) is 147 Å². The first kappa shape index (κ1) is 55.8. The average molecular weight is 1120 g/mol. The van der Waals surface area contributed by atoms with Gasteiger partial charge in [-0.05, 0) is 156 Å². The Labute approximate surface area is 467 Å². The molecule has 10 rings (SSSR count). The van der Waals surface area contributed by atoms with E-state index in [4.69, 9.17) is 14.2 Å². The number of fused-ring (bicyclic) bond motifs is 5. The number of phenols is 2. The van der Waals surface area contributed by atoms with Gasteiger partial charge < -0.3 is 55.2 Å². The number of rotatable bonds is 11. The largest absolute Gasteiger partial charge is 0.508 e. The number of ketones is 1. The lowest BCUT2D eigenvalue weighted by molar-refractivity contribution is -0.150. The number of benzene rings is 5. The lowest BCUT2D eigenvalue weighted by atomic mass is 9.52. The fourth-order valence-electron chi connectivity index (χ4n) is 13.3. The second-order valence-electron chi connectivity index (χ2n) is 21.4. The van der Waals surface area contributed by atoms with E-state index in [0.717, 1.165) is 93.1 Å². The van der Waals surface area contributed by atoms with E-state index in [-0.39, 0.29) is 47.6 Å². The monoisotopic (exact) mass is 1120 g/mol. The first-order valence-corrected chi connectivity index (χ1v) is 32.0. The van der Waals surface area contributed by atoms with Gasteiger partial charge in [-0.2, -0.15) is 0 Å². The maximum atomic E-state index is 17.2. The Morgan fingerprint density at radius 1 is 0.883 bits per heavy atom. The molecule has 12 nitrogen and oxygen atoms in total. The van der Waals surface area contributed by atoms with Crippen LogP contribution in [0.5, 0.6) is 28.7 Å². The molecule has 0 amide bonds. The van der Waals surface area contributed by atoms with Gasteiger partial charge in [0.25, 0.3) is 0 Å². The summed E-state index contributed by atoms with van der Waals surface area (Å²) in [6, 6.07) is 26.9. The number of aromatic nitrogens is 1. The predicted octanol–water partition coefficient (Wildman–Crippen LogP) is 10.6. The van der Waals surface area contributed by atoms with Crippen LogP contribution in [-0.4, -0.2) is 105 Å². The zero-order chi connectivity index (χ0) is 53.8. The van der Waals surface area contributed by atoms with Gasteiger partial charge in [0.2, 0.25) is 0 Å². The number of aromatic hydroxyl groups is 2. The summed E-state index contributed by atoms with van der Waals surface area (Å²) >= 11 is 0. The maximum Gasteiger partial charge on any atom is 0.186 e. The van der Waals surface area contributed by atoms with Gasteiger partial charge in [0.05, 0.1) is 36.6 Å². The number of aliphatic hydroxyl groups excluding tert-OH is 4. The van der Waals surface area contributed by atoms with E-state index in [1.807, 2.05) is 55.8 Å². The van der Waals surface area contributed by atoms with Crippen LogP contribution in [0.3, 0.4) is 0 Å². The molecule has 6 aromatic rings. The average Bonchev–Trinajstić information content (AvgIpc) is 4.09. The fourth-order valence-corrected chi connectivity index (χ4v) is 19.0. The first-order chi connectivity index (χ1) is 37.5. The predicted molar refractivity (Wildman–Crippen MR) is 312 cm³/mol. The van der Waals surface area contributed by atoms with Crippen LogP contribution in [0.2, 0.25) is 0 Å². The molecule has 4 aliphatic rings. The highest BCUT2D eigenvalue weighted by atomic mass is 33.1. The second kappa shape index (κ2) is 24.9. The number of phenolic OH excluding ortho intramolecular Hbond substituents is 2. The van der Waals surface area contributed by atoms with Gasteiger partial charge in [-0.15, -0.1) is 0 Å². The second-order valence-corrected chi connectivity index (χ2v) is 26.5. The molecule has 8 N–H and O–H groups in total. The van der Waals surface area contributed by atoms with Crippen molar-refractivity contribution in [2.24, 2.45) is 23.7 Å². The summed E-state index contributed by atoms with van der Waals surface area (Å²) in [4.78, 5) is 20.4. The Hall–Kier alpha value is -4.49. The molecule has 0 saturated heterocycles. The highest BCUT2D eigenvalue weighted by Crippen LogP contribution is 2.57. The molecule has 77 heavy (non-hydrogen) atoms. The van der Waals surface area contributed by atoms with Crippen LogP contribution in [0.4, 0.5) is 0 Å². The van der Waals surface area contributed by atoms with E-state index in [1.54, 1.807) is 74.6 Å². The van der Waals surface area contributed by atoms with Gasteiger partial charge in [-0.25, -0.2) is 0 Å². The number of carbonyl (C=O) groups is 1. The van der Waals surface area contributed by atoms with Crippen LogP contribution in [-0.2, 0) is 42.4 Å². The lowest BCUT2D eigenvalue weighted by Gasteiger charge is -2.52. The third-order valence-corrected chi connectivity index (χ3v) is 22.4. The minimum atomic E-state index is -1.72. The molecule has 16 heteroatoms. The highest BCUT2D eigenvalue weighted by molar-refractivity contribution is 8.77. The third-order valence-electron chi connectivity index (χ3n) is 17.0. The first-order valence-electron chi connectivity index (χ1n) is 27.1. The van der Waals surface area contributed by atoms with Crippen LogP contribution in [0.15, 0.2) is 97.3 Å². The van der Waals surface area contributed by atoms with Crippen molar-refractivity contribution >= 4 is 59.7 Å². The number of carbonyl (C=O) groups excluding carboxylic acids is 1. The number of aromatic amines is 1. The molecule has 2 aliphatic carbocycles. The van der Waals surface area contributed by atoms with Crippen LogP contribution in [0.1, 0.15) is 100 Å². The summed E-state index contributed by atoms with van der Waals surface area (Å²) in [5.41, 5.74) is 5.98. The molecule has 410 valence electrons. The maximum absolute atomic E-state index is 17.2. The molecule has 10 unspecified atom stereocenters. The number of Topliss-reactive ketones (excluding diaryl/α,β-unsaturated/α-hetero) is 1. The smallest absolute Gasteiger partial charge is 0.186 e. The molecule has 2 fully saturated rings. The Morgan fingerprint density at radius 3 is 2.49 bits per heavy atom. The zero-order valence-corrected chi connectivity index (χ0v) is 47.3. The summed E-state index contributed by atoms with van der Waals surface area (Å²) in [5, 5.41) is 77.0. The minimum Gasteiger partial charge on any atom is -0.508 e. The molecule has 10 atom stereocenters. The number of methoxy groups -OCH3 is 1. The fraction of sp³-hybridized carbons (Fsp3) is 0.459. The Balaban J connectivity index is 1.19. The number of ether oxygens (including phenoxy) is 3. The topological polar surface area (TPSA) is 194 Å². The van der Waals surface area contributed by atoms with E-state index in [9.17, 15) is 30.6 Å². The Kier molecular flexibility index (Phi) is 18.0. The zero-order valence-electron chi connectivity index (χ0n) is 44.0. The lowest BCUT2D eigenvalue weighted by Crippen LogP contribution is -2.62. The van der Waals surface area contributed by atoms with E-state index in [0.29, 0.717) is 60.1 Å².